The summed E-state index contributed by atoms with van der Waals surface area (Å²) < 4.78 is 61.5. The third-order valence-corrected chi connectivity index (χ3v) is 6.34. The summed E-state index contributed by atoms with van der Waals surface area (Å²) in [6.07, 6.45) is 1.30. The van der Waals surface area contributed by atoms with Crippen LogP contribution in [-0.2, 0) is 20.1 Å². The van der Waals surface area contributed by atoms with E-state index in [4.69, 9.17) is 21.5 Å². The fourth-order valence-electron chi connectivity index (χ4n) is 4.49. The molecule has 0 N–H and O–H groups in total. The summed E-state index contributed by atoms with van der Waals surface area (Å²) in [4.78, 5) is 8.59. The van der Waals surface area contributed by atoms with Gasteiger partial charge in [0.25, 0.3) is 5.71 Å². The molecule has 0 spiro atoms. The Morgan fingerprint density at radius 1 is 0.700 bits per heavy atom. The van der Waals surface area contributed by atoms with Gasteiger partial charge in [-0.05, 0) is 41.9 Å². The summed E-state index contributed by atoms with van der Waals surface area (Å²) in [6, 6.07) is 33.2. The third kappa shape index (κ3) is 4.62. The van der Waals surface area contributed by atoms with E-state index in [1.54, 1.807) is 12.1 Å². The number of hydrogen-bond acceptors (Lipinski definition) is 5. The third-order valence-electron chi connectivity index (χ3n) is 6.34. The molecular formula is C34H22IrN2O3-2. The van der Waals surface area contributed by atoms with E-state index in [-0.39, 0.29) is 31.2 Å². The maximum atomic E-state index is 7.28. The summed E-state index contributed by atoms with van der Waals surface area (Å²) in [5.74, 6) is 0.448. The van der Waals surface area contributed by atoms with E-state index in [9.17, 15) is 0 Å². The minimum atomic E-state index is -2.18. The van der Waals surface area contributed by atoms with E-state index in [0.29, 0.717) is 34.0 Å². The second kappa shape index (κ2) is 10.6. The van der Waals surface area contributed by atoms with E-state index >= 15 is 0 Å². The molecule has 0 unspecified atom stereocenters. The normalized spacial score (nSPS) is 13.9. The van der Waals surface area contributed by atoms with Crippen molar-refractivity contribution < 1.29 is 41.6 Å². The van der Waals surface area contributed by atoms with E-state index in [1.165, 1.54) is 24.4 Å². The molecule has 0 fully saturated rings. The smallest absolute Gasteiger partial charge is 0.256 e. The molecule has 0 amide bonds. The summed E-state index contributed by atoms with van der Waals surface area (Å²) in [6.45, 7) is -4.34. The molecule has 0 saturated heterocycles. The fraction of sp³-hybridized carbons (Fsp3) is 0.0588. The Hall–Kier alpha value is -4.51. The van der Waals surface area contributed by atoms with Crippen molar-refractivity contribution in [3.63, 3.8) is 0 Å². The Morgan fingerprint density at radius 3 is 2.23 bits per heavy atom. The van der Waals surface area contributed by atoms with E-state index in [0.717, 1.165) is 32.9 Å². The number of furan rings is 2. The summed E-state index contributed by atoms with van der Waals surface area (Å²) >= 11 is 0. The molecule has 0 aliphatic heterocycles. The summed E-state index contributed by atoms with van der Waals surface area (Å²) in [5, 5.41) is 2.99. The molecule has 4 aromatic carbocycles. The maximum absolute atomic E-state index is 7.28. The number of fused-ring (bicyclic) bond motifs is 6. The van der Waals surface area contributed by atoms with Crippen LogP contribution in [0.4, 0.5) is 0 Å². The van der Waals surface area contributed by atoms with Crippen LogP contribution in [0.3, 0.4) is 0 Å². The van der Waals surface area contributed by atoms with Crippen LogP contribution in [0.25, 0.3) is 66.9 Å². The quantitative estimate of drug-likeness (QED) is 0.168. The van der Waals surface area contributed by atoms with Crippen LogP contribution in [0.2, 0.25) is 0 Å². The van der Waals surface area contributed by atoms with Gasteiger partial charge >= 0.3 is 0 Å². The standard InChI is InChI=1S/C21H10NO3.C13H12N.Ir/c1-3-10-16-12(6-1)13-8-5-9-15(18(13)23-16)20-22-21-19(25-20)14-7-2-4-11-17(14)24-21;1-10-3-6-12(7-4-10)13-8-5-11(2)9-14-13;/h1-8,10-11H;3-6,8-9H,1-2H3;/q2*-1;/i;1D3,2D3;. The van der Waals surface area contributed by atoms with Crippen LogP contribution >= 0.6 is 0 Å². The molecule has 1 radical (unpaired) electrons. The van der Waals surface area contributed by atoms with Crippen LogP contribution in [0.1, 0.15) is 19.4 Å². The second-order valence-electron chi connectivity index (χ2n) is 8.87. The van der Waals surface area contributed by atoms with Crippen molar-refractivity contribution in [2.45, 2.75) is 13.7 Å². The van der Waals surface area contributed by atoms with Crippen molar-refractivity contribution in [1.82, 2.24) is 9.97 Å². The number of pyridine rings is 1. The molecule has 8 aromatic rings. The van der Waals surface area contributed by atoms with Gasteiger partial charge in [-0.1, -0.05) is 54.7 Å². The van der Waals surface area contributed by atoms with Crippen LogP contribution in [0, 0.1) is 25.8 Å². The minimum absolute atomic E-state index is 0. The molecule has 5 nitrogen and oxygen atoms in total. The number of benzene rings is 4. The molecule has 4 aromatic heterocycles. The Labute approximate surface area is 252 Å². The van der Waals surface area contributed by atoms with Gasteiger partial charge < -0.3 is 18.2 Å². The molecule has 40 heavy (non-hydrogen) atoms. The molecule has 0 aliphatic carbocycles. The van der Waals surface area contributed by atoms with Crippen LogP contribution < -0.4 is 0 Å². The van der Waals surface area contributed by atoms with Gasteiger partial charge in [0.1, 0.15) is 17.1 Å². The molecule has 0 aliphatic rings. The molecule has 4 heterocycles. The zero-order valence-corrected chi connectivity index (χ0v) is 23.1. The van der Waals surface area contributed by atoms with Gasteiger partial charge in [-0.3, -0.25) is 0 Å². The van der Waals surface area contributed by atoms with Crippen LogP contribution in [0.5, 0.6) is 0 Å². The van der Waals surface area contributed by atoms with E-state index in [1.807, 2.05) is 60.7 Å². The van der Waals surface area contributed by atoms with Crippen LogP contribution in [0.15, 0.2) is 110 Å². The molecule has 0 bridgehead atoms. The van der Waals surface area contributed by atoms with Crippen molar-refractivity contribution >= 4 is 44.2 Å². The topological polar surface area (TPSA) is 65.2 Å². The van der Waals surface area contributed by atoms with Crippen molar-refractivity contribution in [2.75, 3.05) is 0 Å². The number of hydrogen-bond donors (Lipinski definition) is 0. The number of oxazole rings is 1. The van der Waals surface area contributed by atoms with Gasteiger partial charge in [-0.25, -0.2) is 4.98 Å². The average molecular weight is 705 g/mol. The van der Waals surface area contributed by atoms with Gasteiger partial charge in [-0.2, -0.15) is 0 Å². The number of aryl methyl sites for hydroxylation is 2. The van der Waals surface area contributed by atoms with Crippen molar-refractivity contribution in [2.24, 2.45) is 0 Å². The van der Waals surface area contributed by atoms with Crippen molar-refractivity contribution in [3.8, 4) is 22.7 Å². The molecule has 197 valence electrons. The Balaban J connectivity index is 0.000000163. The molecule has 6 heteroatoms. The Bertz CT molecular complexity index is 2250. The van der Waals surface area contributed by atoms with Gasteiger partial charge in [0.05, 0.1) is 11.0 Å². The molecule has 8 rings (SSSR count). The first kappa shape index (κ1) is 19.5. The first-order valence-electron chi connectivity index (χ1n) is 15.2. The van der Waals surface area contributed by atoms with Crippen molar-refractivity contribution in [3.05, 3.63) is 120 Å². The average Bonchev–Trinajstić information content (AvgIpc) is 3.72. The summed E-state index contributed by atoms with van der Waals surface area (Å²) in [7, 11) is 0. The van der Waals surface area contributed by atoms with Gasteiger partial charge in [0.2, 0.25) is 0 Å². The minimum Gasteiger partial charge on any atom is -0.500 e. The maximum Gasteiger partial charge on any atom is 0.256 e. The number of aromatic nitrogens is 2. The largest absolute Gasteiger partial charge is 0.500 e. The second-order valence-corrected chi connectivity index (χ2v) is 8.87. The zero-order valence-electron chi connectivity index (χ0n) is 26.7. The predicted octanol–water partition coefficient (Wildman–Crippen LogP) is 9.10. The predicted molar refractivity (Wildman–Crippen MR) is 153 cm³/mol. The first-order chi connectivity index (χ1) is 21.6. The monoisotopic (exact) mass is 705 g/mol. The zero-order chi connectivity index (χ0) is 31.3. The van der Waals surface area contributed by atoms with E-state index in [2.05, 4.69) is 22.1 Å². The van der Waals surface area contributed by atoms with Gasteiger partial charge in [0.15, 0.2) is 5.58 Å². The van der Waals surface area contributed by atoms with Crippen molar-refractivity contribution in [1.29, 1.82) is 0 Å². The number of rotatable bonds is 2. The first-order valence-corrected chi connectivity index (χ1v) is 12.2. The molecule has 0 atom stereocenters. The van der Waals surface area contributed by atoms with E-state index < -0.39 is 13.7 Å². The fourth-order valence-corrected chi connectivity index (χ4v) is 4.49. The molecule has 0 saturated carbocycles. The Kier molecular flexibility index (Phi) is 5.16. The number of nitrogens with zero attached hydrogens (tertiary/aromatic N) is 2. The SMILES string of the molecule is [2H]C([2H])([2H])c1c[c-]c(-c2ccc(C([2H])([2H])[2H])cn2)cc1.[Ir].[c-]1ccc2c(oc3ccccc32)c1-c1nc2oc3ccccc3c2o1. The molecular weight excluding hydrogens is 677 g/mol. The summed E-state index contributed by atoms with van der Waals surface area (Å²) in [5.41, 5.74) is 5.69. The van der Waals surface area contributed by atoms with Gasteiger partial charge in [-0.15, -0.1) is 53.6 Å². The van der Waals surface area contributed by atoms with Crippen LogP contribution in [-0.4, -0.2) is 9.97 Å². The number of para-hydroxylation sites is 2. The Morgan fingerprint density at radius 2 is 1.48 bits per heavy atom. The van der Waals surface area contributed by atoms with Gasteiger partial charge in [0, 0.05) is 39.9 Å².